The van der Waals surface area contributed by atoms with Gasteiger partial charge in [0.05, 0.1) is 17.8 Å². The summed E-state index contributed by atoms with van der Waals surface area (Å²) < 4.78 is 5.42. The lowest BCUT2D eigenvalue weighted by molar-refractivity contribution is 0.141. The minimum Gasteiger partial charge on any atom is -0.380 e. The summed E-state index contributed by atoms with van der Waals surface area (Å²) in [6.45, 7) is 7.59. The van der Waals surface area contributed by atoms with E-state index < -0.39 is 0 Å². The van der Waals surface area contributed by atoms with Crippen molar-refractivity contribution in [1.82, 2.24) is 4.98 Å². The number of ether oxygens (including phenoxy) is 1. The number of rotatable bonds is 5. The molecule has 0 fully saturated rings. The van der Waals surface area contributed by atoms with E-state index in [2.05, 4.69) is 41.5 Å². The third-order valence-corrected chi connectivity index (χ3v) is 2.83. The second-order valence-electron chi connectivity index (χ2n) is 4.53. The van der Waals surface area contributed by atoms with Crippen LogP contribution in [0.3, 0.4) is 0 Å². The summed E-state index contributed by atoms with van der Waals surface area (Å²) in [5, 5.41) is 4.62. The molecule has 1 aromatic carbocycles. The van der Waals surface area contributed by atoms with Crippen LogP contribution >= 0.6 is 0 Å². The molecule has 1 heterocycles. The number of hydrogen-bond donors (Lipinski definition) is 1. The van der Waals surface area contributed by atoms with E-state index in [-0.39, 0.29) is 6.04 Å². The number of pyridine rings is 1. The van der Waals surface area contributed by atoms with Crippen molar-refractivity contribution in [1.29, 1.82) is 0 Å². The number of benzene rings is 1. The maximum absolute atomic E-state index is 5.42. The van der Waals surface area contributed by atoms with E-state index in [9.17, 15) is 0 Å². The summed E-state index contributed by atoms with van der Waals surface area (Å²) in [5.74, 6) is 0. The highest BCUT2D eigenvalue weighted by Crippen LogP contribution is 2.22. The van der Waals surface area contributed by atoms with E-state index in [0.717, 1.165) is 28.9 Å². The third-order valence-electron chi connectivity index (χ3n) is 2.83. The standard InChI is InChI=1S/C15H20N2O/c1-4-18-10-12(3)16-14-7-5-6-13-9-8-11(2)17-15(13)14/h5-9,12,16H,4,10H2,1-3H3. The number of hydrogen-bond acceptors (Lipinski definition) is 3. The highest BCUT2D eigenvalue weighted by Gasteiger charge is 2.06. The van der Waals surface area contributed by atoms with Gasteiger partial charge >= 0.3 is 0 Å². The fourth-order valence-corrected chi connectivity index (χ4v) is 1.96. The maximum Gasteiger partial charge on any atom is 0.0936 e. The monoisotopic (exact) mass is 244 g/mol. The zero-order chi connectivity index (χ0) is 13.0. The lowest BCUT2D eigenvalue weighted by atomic mass is 10.1. The summed E-state index contributed by atoms with van der Waals surface area (Å²) >= 11 is 0. The molecule has 2 aromatic rings. The molecule has 0 aliphatic carbocycles. The van der Waals surface area contributed by atoms with Crippen LogP contribution in [-0.2, 0) is 4.74 Å². The summed E-state index contributed by atoms with van der Waals surface area (Å²) in [5.41, 5.74) is 3.14. The zero-order valence-electron chi connectivity index (χ0n) is 11.2. The van der Waals surface area contributed by atoms with Crippen LogP contribution < -0.4 is 5.32 Å². The average Bonchev–Trinajstić information content (AvgIpc) is 2.37. The quantitative estimate of drug-likeness (QED) is 0.875. The Labute approximate surface area is 108 Å². The van der Waals surface area contributed by atoms with Crippen molar-refractivity contribution >= 4 is 16.6 Å². The summed E-state index contributed by atoms with van der Waals surface area (Å²) in [6.07, 6.45) is 0. The molecule has 1 aromatic heterocycles. The lowest BCUT2D eigenvalue weighted by Crippen LogP contribution is -2.21. The summed E-state index contributed by atoms with van der Waals surface area (Å²) in [4.78, 5) is 4.61. The van der Waals surface area contributed by atoms with Gasteiger partial charge in [-0.05, 0) is 32.9 Å². The van der Waals surface area contributed by atoms with Gasteiger partial charge in [0.2, 0.25) is 0 Å². The molecule has 3 heteroatoms. The van der Waals surface area contributed by atoms with Crippen LogP contribution in [0.4, 0.5) is 5.69 Å². The number of nitrogens with one attached hydrogen (secondary N) is 1. The van der Waals surface area contributed by atoms with Gasteiger partial charge in [-0.1, -0.05) is 18.2 Å². The second-order valence-corrected chi connectivity index (χ2v) is 4.53. The van der Waals surface area contributed by atoms with Crippen LogP contribution in [0.1, 0.15) is 19.5 Å². The van der Waals surface area contributed by atoms with Gasteiger partial charge in [-0.2, -0.15) is 0 Å². The first-order valence-electron chi connectivity index (χ1n) is 6.41. The maximum atomic E-state index is 5.42. The van der Waals surface area contributed by atoms with Gasteiger partial charge < -0.3 is 10.1 Å². The van der Waals surface area contributed by atoms with Crippen LogP contribution in [0.2, 0.25) is 0 Å². The van der Waals surface area contributed by atoms with Gasteiger partial charge in [0.15, 0.2) is 0 Å². The summed E-state index contributed by atoms with van der Waals surface area (Å²) in [7, 11) is 0. The molecule has 2 rings (SSSR count). The molecule has 18 heavy (non-hydrogen) atoms. The normalized spacial score (nSPS) is 12.6. The van der Waals surface area contributed by atoms with Gasteiger partial charge in [-0.15, -0.1) is 0 Å². The van der Waals surface area contributed by atoms with E-state index >= 15 is 0 Å². The molecule has 0 spiro atoms. The Morgan fingerprint density at radius 3 is 2.89 bits per heavy atom. The van der Waals surface area contributed by atoms with Gasteiger partial charge in [-0.3, -0.25) is 4.98 Å². The third kappa shape index (κ3) is 2.99. The SMILES string of the molecule is CCOCC(C)Nc1cccc2ccc(C)nc12. The molecular formula is C15H20N2O. The molecule has 0 saturated heterocycles. The van der Waals surface area contributed by atoms with Crippen LogP contribution in [0.15, 0.2) is 30.3 Å². The molecule has 0 amide bonds. The number of aromatic nitrogens is 1. The van der Waals surface area contributed by atoms with Gasteiger partial charge in [0, 0.05) is 23.7 Å². The molecule has 0 bridgehead atoms. The Bertz CT molecular complexity index is 525. The van der Waals surface area contributed by atoms with Crippen molar-refractivity contribution in [3.8, 4) is 0 Å². The molecule has 0 saturated carbocycles. The number of fused-ring (bicyclic) bond motifs is 1. The number of anilines is 1. The van der Waals surface area contributed by atoms with E-state index in [1.807, 2.05) is 19.9 Å². The van der Waals surface area contributed by atoms with Crippen molar-refractivity contribution < 1.29 is 4.74 Å². The molecule has 0 aliphatic heterocycles. The first kappa shape index (κ1) is 12.8. The first-order valence-corrected chi connectivity index (χ1v) is 6.41. The minimum absolute atomic E-state index is 0.276. The molecule has 0 radical (unpaired) electrons. The number of para-hydroxylation sites is 1. The summed E-state index contributed by atoms with van der Waals surface area (Å²) in [6, 6.07) is 10.6. The lowest BCUT2D eigenvalue weighted by Gasteiger charge is -2.16. The zero-order valence-corrected chi connectivity index (χ0v) is 11.2. The van der Waals surface area contributed by atoms with Crippen molar-refractivity contribution in [2.75, 3.05) is 18.5 Å². The Morgan fingerprint density at radius 2 is 2.11 bits per heavy atom. The second kappa shape index (κ2) is 5.83. The fraction of sp³-hybridized carbons (Fsp3) is 0.400. The molecular weight excluding hydrogens is 224 g/mol. The molecule has 0 aliphatic rings. The van der Waals surface area contributed by atoms with Crippen molar-refractivity contribution in [2.24, 2.45) is 0 Å². The highest BCUT2D eigenvalue weighted by atomic mass is 16.5. The highest BCUT2D eigenvalue weighted by molar-refractivity contribution is 5.90. The number of aryl methyl sites for hydroxylation is 1. The van der Waals surface area contributed by atoms with Crippen LogP contribution in [0.25, 0.3) is 10.9 Å². The molecule has 96 valence electrons. The van der Waals surface area contributed by atoms with Gasteiger partial charge in [0.1, 0.15) is 0 Å². The Kier molecular flexibility index (Phi) is 4.15. The minimum atomic E-state index is 0.276. The Morgan fingerprint density at radius 1 is 1.28 bits per heavy atom. The number of nitrogens with zero attached hydrogens (tertiary/aromatic N) is 1. The molecule has 3 nitrogen and oxygen atoms in total. The molecule has 1 unspecified atom stereocenters. The van der Waals surface area contributed by atoms with E-state index in [0.29, 0.717) is 6.61 Å². The van der Waals surface area contributed by atoms with Crippen LogP contribution in [0.5, 0.6) is 0 Å². The molecule has 1 N–H and O–H groups in total. The topological polar surface area (TPSA) is 34.1 Å². The molecule has 1 atom stereocenters. The van der Waals surface area contributed by atoms with Gasteiger partial charge in [0.25, 0.3) is 0 Å². The predicted octanol–water partition coefficient (Wildman–Crippen LogP) is 3.38. The van der Waals surface area contributed by atoms with Crippen LogP contribution in [0, 0.1) is 6.92 Å². The average molecular weight is 244 g/mol. The van der Waals surface area contributed by atoms with Crippen molar-refractivity contribution in [3.63, 3.8) is 0 Å². The van der Waals surface area contributed by atoms with E-state index in [4.69, 9.17) is 4.74 Å². The smallest absolute Gasteiger partial charge is 0.0936 e. The van der Waals surface area contributed by atoms with E-state index in [1.54, 1.807) is 0 Å². The van der Waals surface area contributed by atoms with E-state index in [1.165, 1.54) is 0 Å². The van der Waals surface area contributed by atoms with Gasteiger partial charge in [-0.25, -0.2) is 0 Å². The van der Waals surface area contributed by atoms with Crippen LogP contribution in [-0.4, -0.2) is 24.2 Å². The van der Waals surface area contributed by atoms with Crippen molar-refractivity contribution in [3.05, 3.63) is 36.0 Å². The fourth-order valence-electron chi connectivity index (χ4n) is 1.96. The Hall–Kier alpha value is -1.61. The predicted molar refractivity (Wildman–Crippen MR) is 76.1 cm³/mol. The van der Waals surface area contributed by atoms with Crippen molar-refractivity contribution in [2.45, 2.75) is 26.8 Å². The largest absolute Gasteiger partial charge is 0.380 e. The first-order chi connectivity index (χ1) is 8.70. The Balaban J connectivity index is 2.24.